The van der Waals surface area contributed by atoms with Crippen molar-refractivity contribution < 1.29 is 4.42 Å². The van der Waals surface area contributed by atoms with Crippen molar-refractivity contribution in [2.75, 3.05) is 0 Å². The number of furan rings is 1. The molecule has 0 saturated heterocycles. The van der Waals surface area contributed by atoms with Gasteiger partial charge in [-0.05, 0) is 81.8 Å². The molecule has 0 N–H and O–H groups in total. The third-order valence-electron chi connectivity index (χ3n) is 8.59. The van der Waals surface area contributed by atoms with Crippen LogP contribution in [0.15, 0.2) is 138 Å². The summed E-state index contributed by atoms with van der Waals surface area (Å²) >= 11 is 0. The van der Waals surface area contributed by atoms with E-state index in [1.54, 1.807) is 0 Å². The lowest BCUT2D eigenvalue weighted by molar-refractivity contribution is 0.590. The van der Waals surface area contributed by atoms with Gasteiger partial charge in [0.1, 0.15) is 11.2 Å². The molecular formula is C40H31NO. The van der Waals surface area contributed by atoms with Gasteiger partial charge in [-0.25, -0.2) is 0 Å². The molecule has 2 nitrogen and oxygen atoms in total. The molecule has 0 saturated carbocycles. The van der Waals surface area contributed by atoms with E-state index in [2.05, 4.69) is 147 Å². The molecule has 0 spiro atoms. The van der Waals surface area contributed by atoms with Gasteiger partial charge in [-0.3, -0.25) is 0 Å². The topological polar surface area (TPSA) is 18.1 Å². The van der Waals surface area contributed by atoms with Crippen LogP contribution >= 0.6 is 0 Å². The molecular weight excluding hydrogens is 510 g/mol. The molecule has 8 rings (SSSR count). The van der Waals surface area contributed by atoms with Crippen molar-refractivity contribution in [1.29, 1.82) is 0 Å². The van der Waals surface area contributed by atoms with Crippen LogP contribution in [0, 0.1) is 0 Å². The summed E-state index contributed by atoms with van der Waals surface area (Å²) in [5.74, 6) is 0. The zero-order valence-electron chi connectivity index (χ0n) is 24.1. The van der Waals surface area contributed by atoms with Gasteiger partial charge in [0.25, 0.3) is 0 Å². The van der Waals surface area contributed by atoms with Crippen LogP contribution < -0.4 is 0 Å². The lowest BCUT2D eigenvalue weighted by Gasteiger charge is -2.19. The first-order valence-corrected chi connectivity index (χ1v) is 14.6. The van der Waals surface area contributed by atoms with E-state index < -0.39 is 0 Å². The van der Waals surface area contributed by atoms with Gasteiger partial charge in [-0.15, -0.1) is 0 Å². The second-order valence-corrected chi connectivity index (χ2v) is 12.3. The van der Waals surface area contributed by atoms with Crippen LogP contribution in [-0.4, -0.2) is 4.57 Å². The Bertz CT molecular complexity index is 2260. The van der Waals surface area contributed by atoms with E-state index in [1.165, 1.54) is 44.1 Å². The maximum absolute atomic E-state index is 6.19. The zero-order chi connectivity index (χ0) is 28.4. The number of benzene rings is 6. The molecule has 0 amide bonds. The highest BCUT2D eigenvalue weighted by Crippen LogP contribution is 2.37. The number of aromatic nitrogens is 1. The van der Waals surface area contributed by atoms with Crippen molar-refractivity contribution in [3.05, 3.63) is 139 Å². The molecule has 0 aliphatic rings. The molecule has 2 heterocycles. The molecule has 202 valence electrons. The fraction of sp³-hybridized carbons (Fsp3) is 0.100. The van der Waals surface area contributed by atoms with Crippen LogP contribution in [0.1, 0.15) is 26.3 Å². The maximum atomic E-state index is 6.19. The number of nitrogens with zero attached hydrogens (tertiary/aromatic N) is 1. The van der Waals surface area contributed by atoms with Crippen molar-refractivity contribution in [3.8, 4) is 27.9 Å². The predicted molar refractivity (Wildman–Crippen MR) is 178 cm³/mol. The first-order valence-electron chi connectivity index (χ1n) is 14.6. The molecule has 0 radical (unpaired) electrons. The number of para-hydroxylation sites is 2. The smallest absolute Gasteiger partial charge is 0.136 e. The maximum Gasteiger partial charge on any atom is 0.136 e. The van der Waals surface area contributed by atoms with Crippen molar-refractivity contribution in [2.24, 2.45) is 0 Å². The van der Waals surface area contributed by atoms with E-state index in [9.17, 15) is 0 Å². The van der Waals surface area contributed by atoms with Crippen LogP contribution in [0.25, 0.3) is 71.7 Å². The van der Waals surface area contributed by atoms with E-state index in [0.717, 1.165) is 33.2 Å². The standard InChI is InChI=1S/C40H31NO/c1-40(2,3)30-18-12-26(13-19-30)27-14-20-31(21-15-27)41-36-10-6-4-8-32(36)35-24-28(17-23-37(35)41)29-16-22-34-33-9-5-7-11-38(33)42-39(34)25-29/h4-25H,1-3H3. The summed E-state index contributed by atoms with van der Waals surface area (Å²) in [4.78, 5) is 0. The molecule has 0 aliphatic carbocycles. The number of hydrogen-bond acceptors (Lipinski definition) is 1. The Labute approximate surface area is 245 Å². The molecule has 0 atom stereocenters. The average Bonchev–Trinajstić information content (AvgIpc) is 3.56. The summed E-state index contributed by atoms with van der Waals surface area (Å²) in [7, 11) is 0. The number of rotatable bonds is 3. The Morgan fingerprint density at radius 3 is 1.79 bits per heavy atom. The Morgan fingerprint density at radius 1 is 0.452 bits per heavy atom. The van der Waals surface area contributed by atoms with Gasteiger partial charge in [-0.2, -0.15) is 0 Å². The molecule has 8 aromatic rings. The van der Waals surface area contributed by atoms with Crippen molar-refractivity contribution >= 4 is 43.7 Å². The lowest BCUT2D eigenvalue weighted by atomic mass is 9.86. The van der Waals surface area contributed by atoms with Crippen LogP contribution in [0.3, 0.4) is 0 Å². The van der Waals surface area contributed by atoms with E-state index in [-0.39, 0.29) is 5.41 Å². The minimum Gasteiger partial charge on any atom is -0.456 e. The van der Waals surface area contributed by atoms with Crippen molar-refractivity contribution in [1.82, 2.24) is 4.57 Å². The molecule has 42 heavy (non-hydrogen) atoms. The van der Waals surface area contributed by atoms with Crippen molar-refractivity contribution in [3.63, 3.8) is 0 Å². The second-order valence-electron chi connectivity index (χ2n) is 12.3. The van der Waals surface area contributed by atoms with Gasteiger partial charge < -0.3 is 8.98 Å². The van der Waals surface area contributed by atoms with E-state index >= 15 is 0 Å². The van der Waals surface area contributed by atoms with Gasteiger partial charge >= 0.3 is 0 Å². The second kappa shape index (κ2) is 9.22. The summed E-state index contributed by atoms with van der Waals surface area (Å²) in [6, 6.07) is 48.2. The van der Waals surface area contributed by atoms with Crippen LogP contribution in [0.5, 0.6) is 0 Å². The fourth-order valence-corrected chi connectivity index (χ4v) is 6.30. The molecule has 0 unspecified atom stereocenters. The Morgan fingerprint density at radius 2 is 1.02 bits per heavy atom. The third-order valence-corrected chi connectivity index (χ3v) is 8.59. The van der Waals surface area contributed by atoms with Crippen LogP contribution in [-0.2, 0) is 5.41 Å². The largest absolute Gasteiger partial charge is 0.456 e. The number of fused-ring (bicyclic) bond motifs is 6. The van der Waals surface area contributed by atoms with E-state index in [0.29, 0.717) is 0 Å². The highest BCUT2D eigenvalue weighted by molar-refractivity contribution is 6.11. The third kappa shape index (κ3) is 3.94. The highest BCUT2D eigenvalue weighted by Gasteiger charge is 2.15. The Hall–Kier alpha value is -5.08. The molecule has 2 aromatic heterocycles. The van der Waals surface area contributed by atoms with Gasteiger partial charge in [0.15, 0.2) is 0 Å². The summed E-state index contributed by atoms with van der Waals surface area (Å²) in [6.07, 6.45) is 0. The quantitative estimate of drug-likeness (QED) is 0.217. The lowest BCUT2D eigenvalue weighted by Crippen LogP contribution is -2.10. The minimum atomic E-state index is 0.152. The van der Waals surface area contributed by atoms with Crippen LogP contribution in [0.2, 0.25) is 0 Å². The first kappa shape index (κ1) is 24.7. The first-order chi connectivity index (χ1) is 20.4. The van der Waals surface area contributed by atoms with Crippen LogP contribution in [0.4, 0.5) is 0 Å². The predicted octanol–water partition coefficient (Wildman–Crippen LogP) is 11.3. The van der Waals surface area contributed by atoms with Gasteiger partial charge in [0.05, 0.1) is 11.0 Å². The monoisotopic (exact) mass is 541 g/mol. The van der Waals surface area contributed by atoms with Gasteiger partial charge in [0.2, 0.25) is 0 Å². The highest BCUT2D eigenvalue weighted by atomic mass is 16.3. The average molecular weight is 542 g/mol. The SMILES string of the molecule is CC(C)(C)c1ccc(-c2ccc(-n3c4ccccc4c4cc(-c5ccc6c(c5)oc5ccccc56)ccc43)cc2)cc1. The van der Waals surface area contributed by atoms with Gasteiger partial charge in [0, 0.05) is 27.2 Å². The Kier molecular flexibility index (Phi) is 5.42. The number of hydrogen-bond donors (Lipinski definition) is 0. The summed E-state index contributed by atoms with van der Waals surface area (Å²) in [5, 5.41) is 4.81. The molecule has 0 fully saturated rings. The summed E-state index contributed by atoms with van der Waals surface area (Å²) in [5.41, 5.74) is 11.7. The Balaban J connectivity index is 1.21. The van der Waals surface area contributed by atoms with E-state index in [4.69, 9.17) is 4.42 Å². The fourth-order valence-electron chi connectivity index (χ4n) is 6.30. The minimum absolute atomic E-state index is 0.152. The summed E-state index contributed by atoms with van der Waals surface area (Å²) < 4.78 is 8.57. The normalized spacial score (nSPS) is 12.2. The molecule has 6 aromatic carbocycles. The van der Waals surface area contributed by atoms with Crippen molar-refractivity contribution in [2.45, 2.75) is 26.2 Å². The van der Waals surface area contributed by atoms with E-state index in [1.807, 2.05) is 12.1 Å². The molecule has 0 aliphatic heterocycles. The summed E-state index contributed by atoms with van der Waals surface area (Å²) in [6.45, 7) is 6.76. The molecule has 2 heteroatoms. The van der Waals surface area contributed by atoms with Gasteiger partial charge in [-0.1, -0.05) is 106 Å². The zero-order valence-corrected chi connectivity index (χ0v) is 24.1. The molecule has 0 bridgehead atoms.